The Balaban J connectivity index is 2.78. The van der Waals surface area contributed by atoms with E-state index in [4.69, 9.17) is 10.2 Å². The van der Waals surface area contributed by atoms with Crippen LogP contribution in [-0.2, 0) is 9.59 Å². The lowest BCUT2D eigenvalue weighted by Gasteiger charge is -2.31. The van der Waals surface area contributed by atoms with E-state index in [0.29, 0.717) is 39.3 Å². The Labute approximate surface area is 131 Å². The maximum atomic E-state index is 12.2. The van der Waals surface area contributed by atoms with Crippen molar-refractivity contribution in [1.82, 2.24) is 19.6 Å². The van der Waals surface area contributed by atoms with E-state index in [1.165, 1.54) is 0 Å². The largest absolute Gasteiger partial charge is 0.395 e. The van der Waals surface area contributed by atoms with Gasteiger partial charge in [-0.2, -0.15) is 0 Å². The molecule has 1 rings (SSSR count). The van der Waals surface area contributed by atoms with Crippen molar-refractivity contribution in [2.75, 3.05) is 79.7 Å². The van der Waals surface area contributed by atoms with Gasteiger partial charge in [-0.25, -0.2) is 0 Å². The maximum Gasteiger partial charge on any atom is 0.236 e. The Morgan fingerprint density at radius 3 is 1.45 bits per heavy atom. The van der Waals surface area contributed by atoms with E-state index in [1.54, 1.807) is 23.9 Å². The Morgan fingerprint density at radius 2 is 1.14 bits per heavy atom. The van der Waals surface area contributed by atoms with Gasteiger partial charge in [0.15, 0.2) is 0 Å². The van der Waals surface area contributed by atoms with Crippen LogP contribution in [0.15, 0.2) is 0 Å². The summed E-state index contributed by atoms with van der Waals surface area (Å²) in [5.74, 6) is -0.0489. The quantitative estimate of drug-likeness (QED) is 0.596. The Morgan fingerprint density at radius 1 is 0.773 bits per heavy atom. The molecule has 0 unspecified atom stereocenters. The number of carbonyl (C=O) groups is 2. The number of carbonyl (C=O) groups excluding carboxylic acids is 2. The molecular formula is C14H28N4O4. The lowest BCUT2D eigenvalue weighted by Crippen LogP contribution is -2.49. The first-order valence-corrected chi connectivity index (χ1v) is 7.62. The molecule has 0 aromatic heterocycles. The van der Waals surface area contributed by atoms with Crippen molar-refractivity contribution in [3.05, 3.63) is 0 Å². The third-order valence-electron chi connectivity index (χ3n) is 3.90. The molecule has 1 heterocycles. The van der Waals surface area contributed by atoms with Crippen molar-refractivity contribution >= 4 is 11.8 Å². The standard InChI is InChI=1S/C14H28N4O4/c1-15-3-4-16(2)14(22)12-18(8-10-20)6-5-17(7-9-19)11-13(15)21/h19-20H,3-12H2,1-2H3. The van der Waals surface area contributed by atoms with Gasteiger partial charge >= 0.3 is 0 Å². The molecule has 0 aliphatic carbocycles. The Hall–Kier alpha value is -1.22. The molecule has 8 nitrogen and oxygen atoms in total. The number of likely N-dealkylation sites (N-methyl/N-ethyl adjacent to an activating group) is 2. The lowest BCUT2D eigenvalue weighted by atomic mass is 10.3. The number of amides is 2. The second-order valence-corrected chi connectivity index (χ2v) is 5.63. The predicted molar refractivity (Wildman–Crippen MR) is 82.3 cm³/mol. The SMILES string of the molecule is CN1CCN(C)C(=O)CN(CCO)CCN(CCO)CC1=O. The van der Waals surface area contributed by atoms with E-state index in [-0.39, 0.29) is 38.1 Å². The third kappa shape index (κ3) is 6.27. The van der Waals surface area contributed by atoms with Crippen molar-refractivity contribution in [3.8, 4) is 0 Å². The van der Waals surface area contributed by atoms with Crippen LogP contribution < -0.4 is 0 Å². The highest BCUT2D eigenvalue weighted by Gasteiger charge is 2.20. The number of nitrogens with zero attached hydrogens (tertiary/aromatic N) is 4. The highest BCUT2D eigenvalue weighted by molar-refractivity contribution is 5.79. The summed E-state index contributed by atoms with van der Waals surface area (Å²) in [6.45, 7) is 3.40. The highest BCUT2D eigenvalue weighted by Crippen LogP contribution is 2.00. The van der Waals surface area contributed by atoms with Crippen LogP contribution in [0, 0.1) is 0 Å². The minimum absolute atomic E-state index is 0.0152. The maximum absolute atomic E-state index is 12.2. The summed E-state index contributed by atoms with van der Waals surface area (Å²) in [4.78, 5) is 31.3. The van der Waals surface area contributed by atoms with E-state index < -0.39 is 0 Å². The summed E-state index contributed by atoms with van der Waals surface area (Å²) in [5, 5.41) is 18.2. The summed E-state index contributed by atoms with van der Waals surface area (Å²) >= 11 is 0. The summed E-state index contributed by atoms with van der Waals surface area (Å²) in [7, 11) is 3.45. The number of β-amino-alcohol motifs (C(OH)–C–C–N with tert-alkyl or cyclic N) is 2. The van der Waals surface area contributed by atoms with Crippen molar-refractivity contribution in [2.45, 2.75) is 0 Å². The lowest BCUT2D eigenvalue weighted by molar-refractivity contribution is -0.135. The van der Waals surface area contributed by atoms with Crippen LogP contribution >= 0.6 is 0 Å². The zero-order valence-corrected chi connectivity index (χ0v) is 13.6. The van der Waals surface area contributed by atoms with Crippen molar-refractivity contribution in [1.29, 1.82) is 0 Å². The zero-order chi connectivity index (χ0) is 16.5. The molecule has 1 aliphatic rings. The van der Waals surface area contributed by atoms with Crippen LogP contribution in [-0.4, -0.2) is 121 Å². The molecule has 0 aromatic carbocycles. The molecule has 8 heteroatoms. The molecule has 0 bridgehead atoms. The van der Waals surface area contributed by atoms with Crippen LogP contribution in [0.2, 0.25) is 0 Å². The molecule has 128 valence electrons. The fourth-order valence-corrected chi connectivity index (χ4v) is 2.28. The first kappa shape index (κ1) is 18.8. The van der Waals surface area contributed by atoms with Crippen LogP contribution in [0.1, 0.15) is 0 Å². The summed E-state index contributed by atoms with van der Waals surface area (Å²) < 4.78 is 0. The number of aliphatic hydroxyl groups excluding tert-OH is 2. The molecule has 0 spiro atoms. The molecule has 2 amide bonds. The molecule has 0 saturated carbocycles. The van der Waals surface area contributed by atoms with Gasteiger partial charge in [-0.1, -0.05) is 0 Å². The van der Waals surface area contributed by atoms with Crippen LogP contribution in [0.4, 0.5) is 0 Å². The molecule has 0 aromatic rings. The fraction of sp³-hybridized carbons (Fsp3) is 0.857. The van der Waals surface area contributed by atoms with Crippen LogP contribution in [0.25, 0.3) is 0 Å². The van der Waals surface area contributed by atoms with E-state index in [2.05, 4.69) is 0 Å². The number of rotatable bonds is 4. The highest BCUT2D eigenvalue weighted by atomic mass is 16.3. The normalized spacial score (nSPS) is 20.9. The molecule has 1 saturated heterocycles. The van der Waals surface area contributed by atoms with Crippen molar-refractivity contribution in [3.63, 3.8) is 0 Å². The Kier molecular flexibility index (Phi) is 8.32. The predicted octanol–water partition coefficient (Wildman–Crippen LogP) is -2.49. The zero-order valence-electron chi connectivity index (χ0n) is 13.6. The first-order chi connectivity index (χ1) is 10.5. The van der Waals surface area contributed by atoms with Gasteiger partial charge in [0.1, 0.15) is 0 Å². The van der Waals surface area contributed by atoms with E-state index >= 15 is 0 Å². The number of aliphatic hydroxyl groups is 2. The topological polar surface area (TPSA) is 87.6 Å². The molecular weight excluding hydrogens is 288 g/mol. The average molecular weight is 316 g/mol. The molecule has 0 radical (unpaired) electrons. The van der Waals surface area contributed by atoms with Crippen molar-refractivity contribution < 1.29 is 19.8 Å². The van der Waals surface area contributed by atoms with Gasteiger partial charge in [0.25, 0.3) is 0 Å². The van der Waals surface area contributed by atoms with E-state index in [1.807, 2.05) is 9.80 Å². The molecule has 22 heavy (non-hydrogen) atoms. The average Bonchev–Trinajstić information content (AvgIpc) is 2.48. The van der Waals surface area contributed by atoms with E-state index in [0.717, 1.165) is 0 Å². The van der Waals surface area contributed by atoms with Crippen LogP contribution in [0.3, 0.4) is 0 Å². The summed E-state index contributed by atoms with van der Waals surface area (Å²) in [6.07, 6.45) is 0. The van der Waals surface area contributed by atoms with Gasteiger partial charge in [0.2, 0.25) is 11.8 Å². The van der Waals surface area contributed by atoms with Gasteiger partial charge in [-0.15, -0.1) is 0 Å². The van der Waals surface area contributed by atoms with Gasteiger partial charge < -0.3 is 20.0 Å². The monoisotopic (exact) mass is 316 g/mol. The van der Waals surface area contributed by atoms with Crippen LogP contribution in [0.5, 0.6) is 0 Å². The minimum atomic E-state index is -0.0245. The minimum Gasteiger partial charge on any atom is -0.395 e. The fourth-order valence-electron chi connectivity index (χ4n) is 2.28. The third-order valence-corrected chi connectivity index (χ3v) is 3.90. The molecule has 0 atom stereocenters. The van der Waals surface area contributed by atoms with Gasteiger partial charge in [0, 0.05) is 53.4 Å². The second-order valence-electron chi connectivity index (χ2n) is 5.63. The summed E-state index contributed by atoms with van der Waals surface area (Å²) in [5.41, 5.74) is 0. The van der Waals surface area contributed by atoms with Gasteiger partial charge in [-0.3, -0.25) is 19.4 Å². The number of hydrogen-bond acceptors (Lipinski definition) is 6. The smallest absolute Gasteiger partial charge is 0.236 e. The molecule has 1 fully saturated rings. The number of hydrogen-bond donors (Lipinski definition) is 2. The summed E-state index contributed by atoms with van der Waals surface area (Å²) in [6, 6.07) is 0. The van der Waals surface area contributed by atoms with Gasteiger partial charge in [0.05, 0.1) is 26.3 Å². The van der Waals surface area contributed by atoms with Gasteiger partial charge in [-0.05, 0) is 0 Å². The van der Waals surface area contributed by atoms with E-state index in [9.17, 15) is 9.59 Å². The second kappa shape index (κ2) is 9.73. The molecule has 2 N–H and O–H groups in total. The first-order valence-electron chi connectivity index (χ1n) is 7.62. The Bertz CT molecular complexity index is 333. The van der Waals surface area contributed by atoms with Crippen molar-refractivity contribution in [2.24, 2.45) is 0 Å². The molecule has 1 aliphatic heterocycles.